The van der Waals surface area contributed by atoms with E-state index in [1.165, 1.54) is 10.9 Å². The maximum Gasteiger partial charge on any atom is 0.194 e. The third-order valence-corrected chi connectivity index (χ3v) is 4.24. The molecule has 110 valence electrons. The number of hydrogen-bond acceptors (Lipinski definition) is 3. The van der Waals surface area contributed by atoms with Crippen LogP contribution in [0.25, 0.3) is 4.96 Å². The standard InChI is InChI=1S/C15H15F2N3S/c1-9-8-20-14(10(2)19-15(20)21-9)7-18-6-11-3-4-12(16)13(17)5-11/h3-5,8,18H,6-7H2,1-2H3. The van der Waals surface area contributed by atoms with Gasteiger partial charge in [-0.25, -0.2) is 13.8 Å². The highest BCUT2D eigenvalue weighted by Gasteiger charge is 2.10. The number of aromatic nitrogens is 2. The summed E-state index contributed by atoms with van der Waals surface area (Å²) >= 11 is 1.65. The van der Waals surface area contributed by atoms with E-state index >= 15 is 0 Å². The van der Waals surface area contributed by atoms with Gasteiger partial charge in [0.15, 0.2) is 16.6 Å². The summed E-state index contributed by atoms with van der Waals surface area (Å²) in [4.78, 5) is 6.71. The lowest BCUT2D eigenvalue weighted by Gasteiger charge is -2.06. The van der Waals surface area contributed by atoms with Crippen molar-refractivity contribution < 1.29 is 8.78 Å². The van der Waals surface area contributed by atoms with Gasteiger partial charge in [0.25, 0.3) is 0 Å². The molecule has 0 radical (unpaired) electrons. The molecule has 3 aromatic rings. The Labute approximate surface area is 125 Å². The first kappa shape index (κ1) is 14.2. The molecule has 0 fully saturated rings. The number of nitrogens with one attached hydrogen (secondary N) is 1. The van der Waals surface area contributed by atoms with Crippen molar-refractivity contribution in [3.63, 3.8) is 0 Å². The van der Waals surface area contributed by atoms with Crippen LogP contribution in [0, 0.1) is 25.5 Å². The van der Waals surface area contributed by atoms with Gasteiger partial charge in [0.05, 0.1) is 11.4 Å². The molecular weight excluding hydrogens is 292 g/mol. The minimum absolute atomic E-state index is 0.479. The van der Waals surface area contributed by atoms with E-state index in [0.717, 1.165) is 22.4 Å². The summed E-state index contributed by atoms with van der Waals surface area (Å²) in [6, 6.07) is 3.95. The number of rotatable bonds is 4. The lowest BCUT2D eigenvalue weighted by molar-refractivity contribution is 0.506. The van der Waals surface area contributed by atoms with E-state index < -0.39 is 11.6 Å². The Kier molecular flexibility index (Phi) is 3.73. The van der Waals surface area contributed by atoms with Gasteiger partial charge in [-0.2, -0.15) is 0 Å². The molecule has 2 aromatic heterocycles. The van der Waals surface area contributed by atoms with Crippen molar-refractivity contribution >= 4 is 16.3 Å². The largest absolute Gasteiger partial charge is 0.307 e. The fraction of sp³-hybridized carbons (Fsp3) is 0.267. The number of benzene rings is 1. The zero-order valence-electron chi connectivity index (χ0n) is 11.8. The first-order valence-electron chi connectivity index (χ1n) is 6.63. The summed E-state index contributed by atoms with van der Waals surface area (Å²) in [6.07, 6.45) is 2.06. The molecule has 0 atom stereocenters. The predicted molar refractivity (Wildman–Crippen MR) is 79.4 cm³/mol. The van der Waals surface area contributed by atoms with Crippen LogP contribution in [0.5, 0.6) is 0 Å². The molecule has 0 bridgehead atoms. The van der Waals surface area contributed by atoms with E-state index in [-0.39, 0.29) is 0 Å². The van der Waals surface area contributed by atoms with Crippen molar-refractivity contribution in [3.05, 3.63) is 57.9 Å². The molecule has 0 amide bonds. The predicted octanol–water partition coefficient (Wildman–Crippen LogP) is 3.58. The van der Waals surface area contributed by atoms with Gasteiger partial charge in [-0.3, -0.25) is 4.40 Å². The number of aryl methyl sites for hydroxylation is 2. The van der Waals surface area contributed by atoms with E-state index in [2.05, 4.69) is 20.9 Å². The van der Waals surface area contributed by atoms with Gasteiger partial charge in [0.2, 0.25) is 0 Å². The van der Waals surface area contributed by atoms with Gasteiger partial charge in [0.1, 0.15) is 0 Å². The molecule has 0 aliphatic heterocycles. The summed E-state index contributed by atoms with van der Waals surface area (Å²) in [7, 11) is 0. The highest BCUT2D eigenvalue weighted by atomic mass is 32.1. The van der Waals surface area contributed by atoms with E-state index in [1.54, 1.807) is 17.4 Å². The van der Waals surface area contributed by atoms with E-state index in [4.69, 9.17) is 0 Å². The highest BCUT2D eigenvalue weighted by molar-refractivity contribution is 7.17. The van der Waals surface area contributed by atoms with Crippen LogP contribution in [-0.2, 0) is 13.1 Å². The second-order valence-corrected chi connectivity index (χ2v) is 6.20. The molecular formula is C15H15F2N3S. The summed E-state index contributed by atoms with van der Waals surface area (Å²) in [6.45, 7) is 5.13. The SMILES string of the molecule is Cc1cn2c(CNCc3ccc(F)c(F)c3)c(C)nc2s1. The molecule has 21 heavy (non-hydrogen) atoms. The third kappa shape index (κ3) is 2.82. The Bertz CT molecular complexity index is 792. The van der Waals surface area contributed by atoms with Crippen molar-refractivity contribution in [2.24, 2.45) is 0 Å². The van der Waals surface area contributed by atoms with Crippen molar-refractivity contribution in [2.75, 3.05) is 0 Å². The number of halogens is 2. The molecule has 0 saturated heterocycles. The van der Waals surface area contributed by atoms with Crippen molar-refractivity contribution in [1.29, 1.82) is 0 Å². The fourth-order valence-electron chi connectivity index (χ4n) is 2.30. The van der Waals surface area contributed by atoms with Gasteiger partial charge in [-0.05, 0) is 31.5 Å². The molecule has 0 saturated carbocycles. The molecule has 3 nitrogen and oxygen atoms in total. The minimum atomic E-state index is -0.819. The van der Waals surface area contributed by atoms with Gasteiger partial charge in [-0.1, -0.05) is 6.07 Å². The topological polar surface area (TPSA) is 29.3 Å². The smallest absolute Gasteiger partial charge is 0.194 e. The van der Waals surface area contributed by atoms with Crippen LogP contribution in [0.1, 0.15) is 21.8 Å². The van der Waals surface area contributed by atoms with E-state index in [0.29, 0.717) is 18.7 Å². The molecule has 2 heterocycles. The molecule has 3 rings (SSSR count). The van der Waals surface area contributed by atoms with Gasteiger partial charge in [0, 0.05) is 24.2 Å². The Morgan fingerprint density at radius 1 is 1.19 bits per heavy atom. The number of fused-ring (bicyclic) bond motifs is 1. The number of imidazole rings is 1. The quantitative estimate of drug-likeness (QED) is 0.798. The van der Waals surface area contributed by atoms with Crippen molar-refractivity contribution in [1.82, 2.24) is 14.7 Å². The Morgan fingerprint density at radius 3 is 2.76 bits per heavy atom. The number of hydrogen-bond donors (Lipinski definition) is 1. The summed E-state index contributed by atoms with van der Waals surface area (Å²) in [5.74, 6) is -1.63. The van der Waals surface area contributed by atoms with E-state index in [1.807, 2.05) is 13.8 Å². The average molecular weight is 307 g/mol. The molecule has 1 aromatic carbocycles. The van der Waals surface area contributed by atoms with Crippen LogP contribution in [0.3, 0.4) is 0 Å². The normalized spacial score (nSPS) is 11.4. The third-order valence-electron chi connectivity index (χ3n) is 3.35. The van der Waals surface area contributed by atoms with Crippen LogP contribution >= 0.6 is 11.3 Å². The fourth-order valence-corrected chi connectivity index (χ4v) is 3.19. The molecule has 1 N–H and O–H groups in total. The Morgan fingerprint density at radius 2 is 2.00 bits per heavy atom. The molecule has 0 spiro atoms. The van der Waals surface area contributed by atoms with Gasteiger partial charge >= 0.3 is 0 Å². The Hall–Kier alpha value is -1.79. The summed E-state index contributed by atoms with van der Waals surface area (Å²) < 4.78 is 28.1. The minimum Gasteiger partial charge on any atom is -0.307 e. The van der Waals surface area contributed by atoms with Crippen molar-refractivity contribution in [2.45, 2.75) is 26.9 Å². The maximum absolute atomic E-state index is 13.1. The summed E-state index contributed by atoms with van der Waals surface area (Å²) in [5, 5.41) is 3.25. The second kappa shape index (κ2) is 5.54. The van der Waals surface area contributed by atoms with E-state index in [9.17, 15) is 8.78 Å². The average Bonchev–Trinajstić information content (AvgIpc) is 2.91. The molecule has 0 aliphatic carbocycles. The molecule has 6 heteroatoms. The maximum atomic E-state index is 13.1. The second-order valence-electron chi connectivity index (χ2n) is 4.99. The lowest BCUT2D eigenvalue weighted by Crippen LogP contribution is -2.15. The highest BCUT2D eigenvalue weighted by Crippen LogP contribution is 2.20. The number of thiazole rings is 1. The van der Waals surface area contributed by atoms with Crippen LogP contribution in [-0.4, -0.2) is 9.38 Å². The van der Waals surface area contributed by atoms with Gasteiger partial charge < -0.3 is 5.32 Å². The molecule has 0 aliphatic rings. The zero-order chi connectivity index (χ0) is 15.0. The number of nitrogens with zero attached hydrogens (tertiary/aromatic N) is 2. The van der Waals surface area contributed by atoms with Crippen LogP contribution in [0.4, 0.5) is 8.78 Å². The van der Waals surface area contributed by atoms with Crippen molar-refractivity contribution in [3.8, 4) is 0 Å². The first-order valence-corrected chi connectivity index (χ1v) is 7.45. The van der Waals surface area contributed by atoms with Crippen LogP contribution in [0.15, 0.2) is 24.4 Å². The zero-order valence-corrected chi connectivity index (χ0v) is 12.6. The molecule has 0 unspecified atom stereocenters. The van der Waals surface area contributed by atoms with Crippen LogP contribution < -0.4 is 5.32 Å². The summed E-state index contributed by atoms with van der Waals surface area (Å²) in [5.41, 5.74) is 2.80. The first-order chi connectivity index (χ1) is 10.0. The van der Waals surface area contributed by atoms with Crippen LogP contribution in [0.2, 0.25) is 0 Å². The Balaban J connectivity index is 1.71. The van der Waals surface area contributed by atoms with Gasteiger partial charge in [-0.15, -0.1) is 11.3 Å². The lowest BCUT2D eigenvalue weighted by atomic mass is 10.2. The monoisotopic (exact) mass is 307 g/mol.